The number of carbonyl (C=O) groups excluding carboxylic acids is 1. The van der Waals surface area contributed by atoms with Crippen molar-refractivity contribution in [3.8, 4) is 11.5 Å². The maximum Gasteiger partial charge on any atom is 0.321 e. The monoisotopic (exact) mass is 332 g/mol. The van der Waals surface area contributed by atoms with Crippen molar-refractivity contribution in [3.05, 3.63) is 48.5 Å². The highest BCUT2D eigenvalue weighted by atomic mass is 32.2. The van der Waals surface area contributed by atoms with Crippen LogP contribution in [0.2, 0.25) is 0 Å². The van der Waals surface area contributed by atoms with Gasteiger partial charge in [-0.25, -0.2) is 9.00 Å². The molecule has 1 saturated heterocycles. The molecule has 1 heterocycles. The third-order valence-electron chi connectivity index (χ3n) is 3.41. The average Bonchev–Trinajstić information content (AvgIpc) is 3.01. The Balaban J connectivity index is 1.71. The molecule has 1 aliphatic heterocycles. The molecule has 0 aliphatic carbocycles. The SMILES string of the molecule is COc1cccc(OS(=O)c2ccc(N3CCNC3=O)cc2)c1. The van der Waals surface area contributed by atoms with Crippen molar-refractivity contribution in [2.24, 2.45) is 0 Å². The molecule has 1 atom stereocenters. The van der Waals surface area contributed by atoms with Crippen LogP contribution in [0.25, 0.3) is 0 Å². The number of nitrogens with zero attached hydrogens (tertiary/aromatic N) is 1. The Morgan fingerprint density at radius 2 is 1.87 bits per heavy atom. The van der Waals surface area contributed by atoms with Gasteiger partial charge in [0.1, 0.15) is 11.5 Å². The van der Waals surface area contributed by atoms with Gasteiger partial charge in [0, 0.05) is 24.8 Å². The molecule has 23 heavy (non-hydrogen) atoms. The Hall–Kier alpha value is -2.54. The van der Waals surface area contributed by atoms with E-state index in [9.17, 15) is 9.00 Å². The van der Waals surface area contributed by atoms with E-state index in [2.05, 4.69) is 5.32 Å². The van der Waals surface area contributed by atoms with Gasteiger partial charge in [-0.2, -0.15) is 0 Å². The summed E-state index contributed by atoms with van der Waals surface area (Å²) < 4.78 is 22.8. The Labute approximate surface area is 136 Å². The molecule has 1 fully saturated rings. The summed E-state index contributed by atoms with van der Waals surface area (Å²) in [5.41, 5.74) is 0.766. The van der Waals surface area contributed by atoms with E-state index < -0.39 is 11.1 Å². The maximum atomic E-state index is 12.3. The predicted molar refractivity (Wildman–Crippen MR) is 87.2 cm³/mol. The topological polar surface area (TPSA) is 67.9 Å². The van der Waals surface area contributed by atoms with E-state index in [0.29, 0.717) is 29.5 Å². The van der Waals surface area contributed by atoms with Crippen LogP contribution in [0.5, 0.6) is 11.5 Å². The van der Waals surface area contributed by atoms with Crippen molar-refractivity contribution in [2.75, 3.05) is 25.1 Å². The number of urea groups is 1. The first-order chi connectivity index (χ1) is 11.2. The van der Waals surface area contributed by atoms with Gasteiger partial charge in [-0.15, -0.1) is 0 Å². The molecule has 0 saturated carbocycles. The maximum absolute atomic E-state index is 12.3. The number of carbonyl (C=O) groups is 1. The number of methoxy groups -OCH3 is 1. The summed E-state index contributed by atoms with van der Waals surface area (Å²) in [4.78, 5) is 13.8. The normalized spacial score (nSPS) is 15.2. The van der Waals surface area contributed by atoms with Crippen molar-refractivity contribution >= 4 is 22.8 Å². The van der Waals surface area contributed by atoms with Crippen LogP contribution in [0.4, 0.5) is 10.5 Å². The summed E-state index contributed by atoms with van der Waals surface area (Å²) in [6.45, 7) is 1.26. The molecule has 2 aromatic rings. The summed E-state index contributed by atoms with van der Waals surface area (Å²) in [5, 5.41) is 2.74. The van der Waals surface area contributed by atoms with Gasteiger partial charge in [-0.3, -0.25) is 4.90 Å². The fraction of sp³-hybridized carbons (Fsp3) is 0.188. The highest BCUT2D eigenvalue weighted by Crippen LogP contribution is 2.23. The fourth-order valence-corrected chi connectivity index (χ4v) is 2.98. The number of rotatable bonds is 5. The molecule has 1 unspecified atom stereocenters. The minimum Gasteiger partial charge on any atom is -0.497 e. The lowest BCUT2D eigenvalue weighted by Crippen LogP contribution is -2.27. The zero-order valence-corrected chi connectivity index (χ0v) is 13.3. The molecule has 1 N–H and O–H groups in total. The first kappa shape index (κ1) is 15.4. The minimum atomic E-state index is -1.64. The summed E-state index contributed by atoms with van der Waals surface area (Å²) in [7, 11) is 1.56. The van der Waals surface area contributed by atoms with Crippen LogP contribution < -0.4 is 19.1 Å². The number of benzene rings is 2. The van der Waals surface area contributed by atoms with Crippen molar-refractivity contribution in [1.82, 2.24) is 5.32 Å². The number of nitrogens with one attached hydrogen (secondary N) is 1. The largest absolute Gasteiger partial charge is 0.497 e. The summed E-state index contributed by atoms with van der Waals surface area (Å²) in [6.07, 6.45) is 0. The van der Waals surface area contributed by atoms with Gasteiger partial charge in [0.15, 0.2) is 0 Å². The van der Waals surface area contributed by atoms with E-state index in [4.69, 9.17) is 8.92 Å². The van der Waals surface area contributed by atoms with E-state index in [1.165, 1.54) is 0 Å². The summed E-state index contributed by atoms with van der Waals surface area (Å²) in [5.74, 6) is 1.10. The third-order valence-corrected chi connectivity index (χ3v) is 4.41. The number of anilines is 1. The highest BCUT2D eigenvalue weighted by molar-refractivity contribution is 7.80. The minimum absolute atomic E-state index is 0.119. The van der Waals surface area contributed by atoms with Crippen LogP contribution in [-0.4, -0.2) is 30.4 Å². The molecule has 0 spiro atoms. The molecule has 0 radical (unpaired) electrons. The van der Waals surface area contributed by atoms with Gasteiger partial charge >= 0.3 is 6.03 Å². The zero-order valence-electron chi connectivity index (χ0n) is 12.5. The average molecular weight is 332 g/mol. The molecule has 2 aromatic carbocycles. The Morgan fingerprint density at radius 1 is 1.13 bits per heavy atom. The van der Waals surface area contributed by atoms with E-state index in [0.717, 1.165) is 5.69 Å². The lowest BCUT2D eigenvalue weighted by Gasteiger charge is -2.14. The van der Waals surface area contributed by atoms with Crippen LogP contribution in [0, 0.1) is 0 Å². The van der Waals surface area contributed by atoms with Gasteiger partial charge in [0.2, 0.25) is 11.1 Å². The Bertz CT molecular complexity index is 733. The van der Waals surface area contributed by atoms with Crippen molar-refractivity contribution in [3.63, 3.8) is 0 Å². The van der Waals surface area contributed by atoms with Crippen molar-refractivity contribution in [2.45, 2.75) is 4.90 Å². The predicted octanol–water partition coefficient (Wildman–Crippen LogP) is 2.33. The lowest BCUT2D eigenvalue weighted by atomic mass is 10.3. The molecule has 120 valence electrons. The van der Waals surface area contributed by atoms with Crippen molar-refractivity contribution < 1.29 is 17.9 Å². The Kier molecular flexibility index (Phi) is 4.47. The molecule has 3 rings (SSSR count). The molecule has 1 aliphatic rings. The highest BCUT2D eigenvalue weighted by Gasteiger charge is 2.21. The van der Waals surface area contributed by atoms with E-state index >= 15 is 0 Å². The Morgan fingerprint density at radius 3 is 2.52 bits per heavy atom. The summed E-state index contributed by atoms with van der Waals surface area (Å²) in [6, 6.07) is 13.7. The first-order valence-corrected chi connectivity index (χ1v) is 8.14. The standard InChI is InChI=1S/C16H16N2O4S/c1-21-13-3-2-4-14(11-13)22-23(20)15-7-5-12(6-8-15)18-10-9-17-16(18)19/h2-8,11H,9-10H2,1H3,(H,17,19). The third kappa shape index (κ3) is 3.45. The number of amides is 2. The molecule has 6 nitrogen and oxygen atoms in total. The van der Waals surface area contributed by atoms with Crippen LogP contribution in [0.15, 0.2) is 53.4 Å². The number of hydrogen-bond acceptors (Lipinski definition) is 4. The smallest absolute Gasteiger partial charge is 0.321 e. The van der Waals surface area contributed by atoms with Gasteiger partial charge in [0.05, 0.1) is 12.0 Å². The number of hydrogen-bond donors (Lipinski definition) is 1. The molecular formula is C16H16N2O4S. The molecule has 2 amide bonds. The molecule has 7 heteroatoms. The van der Waals surface area contributed by atoms with E-state index in [1.54, 1.807) is 60.5 Å². The van der Waals surface area contributed by atoms with E-state index in [-0.39, 0.29) is 6.03 Å². The lowest BCUT2D eigenvalue weighted by molar-refractivity contribution is 0.252. The zero-order chi connectivity index (χ0) is 16.2. The van der Waals surface area contributed by atoms with Crippen LogP contribution in [-0.2, 0) is 11.1 Å². The van der Waals surface area contributed by atoms with E-state index in [1.807, 2.05) is 0 Å². The molecular weight excluding hydrogens is 316 g/mol. The quantitative estimate of drug-likeness (QED) is 0.912. The van der Waals surface area contributed by atoms with Crippen LogP contribution in [0.1, 0.15) is 0 Å². The second-order valence-electron chi connectivity index (χ2n) is 4.87. The second-order valence-corrected chi connectivity index (χ2v) is 5.98. The van der Waals surface area contributed by atoms with Gasteiger partial charge in [-0.1, -0.05) is 6.07 Å². The first-order valence-electron chi connectivity index (χ1n) is 7.07. The van der Waals surface area contributed by atoms with Crippen molar-refractivity contribution in [1.29, 1.82) is 0 Å². The second kappa shape index (κ2) is 6.70. The van der Waals surface area contributed by atoms with Gasteiger partial charge in [-0.05, 0) is 36.4 Å². The summed E-state index contributed by atoms with van der Waals surface area (Å²) >= 11 is -1.64. The van der Waals surface area contributed by atoms with Gasteiger partial charge in [0.25, 0.3) is 0 Å². The number of ether oxygens (including phenoxy) is 1. The molecule has 0 aromatic heterocycles. The van der Waals surface area contributed by atoms with Crippen LogP contribution in [0.3, 0.4) is 0 Å². The van der Waals surface area contributed by atoms with Crippen LogP contribution >= 0.6 is 0 Å². The fourth-order valence-electron chi connectivity index (χ4n) is 2.24. The van der Waals surface area contributed by atoms with Gasteiger partial charge < -0.3 is 14.2 Å². The molecule has 0 bridgehead atoms.